The molecule has 0 aliphatic carbocycles. The maximum atomic E-state index is 12.2. The highest BCUT2D eigenvalue weighted by Gasteiger charge is 2.13. The molecular weight excluding hydrogens is 580 g/mol. The van der Waals surface area contributed by atoms with Gasteiger partial charge in [0.15, 0.2) is 0 Å². The largest absolute Gasteiger partial charge is 0.457 e. The first-order valence-corrected chi connectivity index (χ1v) is 19.2. The first-order chi connectivity index (χ1) is 23.2. The molecule has 0 bridgehead atoms. The van der Waals surface area contributed by atoms with Gasteiger partial charge in [-0.1, -0.05) is 150 Å². The topological polar surface area (TPSA) is 55.8 Å². The lowest BCUT2D eigenvalue weighted by molar-refractivity contribution is -0.154. The van der Waals surface area contributed by atoms with Gasteiger partial charge >= 0.3 is 5.97 Å². The number of hydrogen-bond acceptors (Lipinski definition) is 4. The molecule has 0 aliphatic rings. The molecule has 0 saturated carbocycles. The fourth-order valence-corrected chi connectivity index (χ4v) is 4.92. The molecule has 268 valence electrons. The zero-order valence-corrected chi connectivity index (χ0v) is 30.5. The third kappa shape index (κ3) is 37.9. The van der Waals surface area contributed by atoms with Crippen LogP contribution in [0.15, 0.2) is 85.1 Å². The quantitative estimate of drug-likeness (QED) is 0.0427. The van der Waals surface area contributed by atoms with Crippen LogP contribution in [0.2, 0.25) is 0 Å². The summed E-state index contributed by atoms with van der Waals surface area (Å²) >= 11 is 0. The van der Waals surface area contributed by atoms with Gasteiger partial charge in [0.1, 0.15) is 6.10 Å². The number of carbonyl (C=O) groups is 1. The summed E-state index contributed by atoms with van der Waals surface area (Å²) < 4.78 is 11.1. The molecule has 0 spiro atoms. The van der Waals surface area contributed by atoms with Crippen molar-refractivity contribution in [3.8, 4) is 0 Å². The molecule has 4 nitrogen and oxygen atoms in total. The van der Waals surface area contributed by atoms with Crippen LogP contribution in [-0.4, -0.2) is 37.0 Å². The molecule has 0 radical (unpaired) electrons. The molecule has 0 rings (SSSR count). The number of carbonyl (C=O) groups excluding carboxylic acids is 1. The van der Waals surface area contributed by atoms with Crippen LogP contribution in [0.25, 0.3) is 0 Å². The maximum Gasteiger partial charge on any atom is 0.306 e. The van der Waals surface area contributed by atoms with Crippen LogP contribution < -0.4 is 0 Å². The van der Waals surface area contributed by atoms with E-state index in [1.54, 1.807) is 0 Å². The van der Waals surface area contributed by atoms with Crippen molar-refractivity contribution in [1.29, 1.82) is 0 Å². The summed E-state index contributed by atoms with van der Waals surface area (Å²) in [7, 11) is 0. The van der Waals surface area contributed by atoms with Crippen molar-refractivity contribution >= 4 is 5.97 Å². The second kappa shape index (κ2) is 39.7. The summed E-state index contributed by atoms with van der Waals surface area (Å²) in [6.07, 6.45) is 54.8. The number of unbranched alkanes of at least 4 members (excludes halogenated alkanes) is 12. The average Bonchev–Trinajstić information content (AvgIpc) is 3.08. The smallest absolute Gasteiger partial charge is 0.306 e. The van der Waals surface area contributed by atoms with Crippen LogP contribution in [0.4, 0.5) is 0 Å². The molecule has 0 aromatic carbocycles. The number of rotatable bonds is 34. The van der Waals surface area contributed by atoms with Gasteiger partial charge in [0.2, 0.25) is 0 Å². The summed E-state index contributed by atoms with van der Waals surface area (Å²) in [6.45, 7) is 5.05. The minimum absolute atomic E-state index is 0.189. The predicted octanol–water partition coefficient (Wildman–Crippen LogP) is 12.4. The Labute approximate surface area is 290 Å². The van der Waals surface area contributed by atoms with E-state index in [-0.39, 0.29) is 19.2 Å². The predicted molar refractivity (Wildman–Crippen MR) is 205 cm³/mol. The molecule has 0 aromatic heterocycles. The van der Waals surface area contributed by atoms with Crippen LogP contribution in [0.5, 0.6) is 0 Å². The van der Waals surface area contributed by atoms with Crippen molar-refractivity contribution in [3.63, 3.8) is 0 Å². The fraction of sp³-hybridized carbons (Fsp3) is 0.651. The number of allylic oxidation sites excluding steroid dienone is 14. The van der Waals surface area contributed by atoms with Crippen molar-refractivity contribution in [2.45, 2.75) is 161 Å². The van der Waals surface area contributed by atoms with Crippen molar-refractivity contribution in [2.24, 2.45) is 0 Å². The second-order valence-corrected chi connectivity index (χ2v) is 12.2. The highest BCUT2D eigenvalue weighted by atomic mass is 16.6. The monoisotopic (exact) mass is 653 g/mol. The number of esters is 1. The van der Waals surface area contributed by atoms with E-state index in [2.05, 4.69) is 98.9 Å². The van der Waals surface area contributed by atoms with E-state index in [1.165, 1.54) is 51.4 Å². The van der Waals surface area contributed by atoms with Gasteiger partial charge in [-0.3, -0.25) is 4.79 Å². The lowest BCUT2D eigenvalue weighted by Gasteiger charge is -2.15. The summed E-state index contributed by atoms with van der Waals surface area (Å²) in [6, 6.07) is 0. The average molecular weight is 653 g/mol. The minimum Gasteiger partial charge on any atom is -0.457 e. The van der Waals surface area contributed by atoms with E-state index in [9.17, 15) is 9.90 Å². The molecule has 4 heteroatoms. The molecule has 1 atom stereocenters. The van der Waals surface area contributed by atoms with E-state index in [0.717, 1.165) is 83.5 Å². The number of ether oxygens (including phenoxy) is 2. The van der Waals surface area contributed by atoms with Gasteiger partial charge in [-0.15, -0.1) is 0 Å². The summed E-state index contributed by atoms with van der Waals surface area (Å²) in [5.41, 5.74) is 0. The first kappa shape index (κ1) is 44.6. The number of hydrogen-bond donors (Lipinski definition) is 1. The third-order valence-corrected chi connectivity index (χ3v) is 7.72. The van der Waals surface area contributed by atoms with Gasteiger partial charge in [-0.05, 0) is 83.5 Å². The van der Waals surface area contributed by atoms with Gasteiger partial charge in [0, 0.05) is 13.0 Å². The van der Waals surface area contributed by atoms with Gasteiger partial charge in [0.05, 0.1) is 13.2 Å². The number of aliphatic hydroxyl groups excluding tert-OH is 1. The molecule has 47 heavy (non-hydrogen) atoms. The van der Waals surface area contributed by atoms with E-state index in [0.29, 0.717) is 13.0 Å². The second-order valence-electron chi connectivity index (χ2n) is 12.2. The normalized spacial score (nSPS) is 13.3. The van der Waals surface area contributed by atoms with E-state index >= 15 is 0 Å². The molecule has 0 aliphatic heterocycles. The zero-order valence-electron chi connectivity index (χ0n) is 30.5. The Bertz CT molecular complexity index is 861. The van der Waals surface area contributed by atoms with Crippen molar-refractivity contribution in [2.75, 3.05) is 19.8 Å². The Balaban J connectivity index is 3.54. The van der Waals surface area contributed by atoms with Gasteiger partial charge in [-0.25, -0.2) is 0 Å². The minimum atomic E-state index is -0.554. The molecule has 0 amide bonds. The van der Waals surface area contributed by atoms with Crippen LogP contribution >= 0.6 is 0 Å². The van der Waals surface area contributed by atoms with Crippen molar-refractivity contribution in [1.82, 2.24) is 0 Å². The highest BCUT2D eigenvalue weighted by molar-refractivity contribution is 5.69. The van der Waals surface area contributed by atoms with Crippen molar-refractivity contribution < 1.29 is 19.4 Å². The lowest BCUT2D eigenvalue weighted by atomic mass is 10.1. The third-order valence-electron chi connectivity index (χ3n) is 7.72. The van der Waals surface area contributed by atoms with Gasteiger partial charge in [0.25, 0.3) is 0 Å². The number of aliphatic hydroxyl groups is 1. The van der Waals surface area contributed by atoms with Crippen LogP contribution in [0.3, 0.4) is 0 Å². The van der Waals surface area contributed by atoms with E-state index in [4.69, 9.17) is 9.47 Å². The van der Waals surface area contributed by atoms with E-state index in [1.807, 2.05) is 0 Å². The molecule has 0 aromatic rings. The highest BCUT2D eigenvalue weighted by Crippen LogP contribution is 2.12. The molecule has 0 fully saturated rings. The van der Waals surface area contributed by atoms with Crippen LogP contribution in [0, 0.1) is 0 Å². The Hall–Kier alpha value is -2.43. The van der Waals surface area contributed by atoms with Crippen LogP contribution in [0.1, 0.15) is 155 Å². The SMILES string of the molecule is CC/C=C\C/C=C\C/C=C\C/C=C\CCCCCCCOCC(CO)OC(=O)CCCCCCCCC/C=C\C/C=C\C/C=C\CC. The molecular formula is C43H72O4. The van der Waals surface area contributed by atoms with Crippen molar-refractivity contribution in [3.05, 3.63) is 85.1 Å². The summed E-state index contributed by atoms with van der Waals surface area (Å²) in [4.78, 5) is 12.2. The zero-order chi connectivity index (χ0) is 34.1. The Morgan fingerprint density at radius 1 is 0.511 bits per heavy atom. The van der Waals surface area contributed by atoms with Crippen LogP contribution in [-0.2, 0) is 14.3 Å². The van der Waals surface area contributed by atoms with Gasteiger partial charge < -0.3 is 14.6 Å². The van der Waals surface area contributed by atoms with E-state index < -0.39 is 6.10 Å². The summed E-state index contributed by atoms with van der Waals surface area (Å²) in [5, 5.41) is 9.57. The molecule has 1 unspecified atom stereocenters. The Morgan fingerprint density at radius 2 is 0.894 bits per heavy atom. The fourth-order valence-electron chi connectivity index (χ4n) is 4.92. The van der Waals surface area contributed by atoms with Gasteiger partial charge in [-0.2, -0.15) is 0 Å². The standard InChI is InChI=1S/C43H72O4/c1-3-5-7-9-11-13-15-17-19-21-23-25-27-29-31-33-35-37-39-46-41-42(40-44)47-43(45)38-36-34-32-30-28-26-24-22-20-18-16-14-12-10-8-6-4-2/h5-8,11-14,17-20,23,25,42,44H,3-4,9-10,15-16,21-22,24,26-41H2,1-2H3/b7-5-,8-6-,13-11-,14-12-,19-17-,20-18-,25-23-. The molecule has 0 saturated heterocycles. The first-order valence-electron chi connectivity index (χ1n) is 19.2. The maximum absolute atomic E-state index is 12.2. The lowest BCUT2D eigenvalue weighted by Crippen LogP contribution is -2.27. The summed E-state index contributed by atoms with van der Waals surface area (Å²) in [5.74, 6) is -0.222. The Morgan fingerprint density at radius 3 is 1.34 bits per heavy atom. The molecule has 1 N–H and O–H groups in total. The molecule has 0 heterocycles. The Kier molecular flexibility index (Phi) is 37.7.